The second kappa shape index (κ2) is 4.66. The van der Waals surface area contributed by atoms with Crippen molar-refractivity contribution < 1.29 is 19.1 Å². The first-order chi connectivity index (χ1) is 10.4. The number of methoxy groups -OCH3 is 1. The Morgan fingerprint density at radius 2 is 1.95 bits per heavy atom. The van der Waals surface area contributed by atoms with Crippen LogP contribution < -0.4 is 10.3 Å². The number of ether oxygens (including phenoxy) is 1. The van der Waals surface area contributed by atoms with Crippen LogP contribution in [-0.2, 0) is 19.1 Å². The van der Waals surface area contributed by atoms with Crippen molar-refractivity contribution in [3.8, 4) is 0 Å². The van der Waals surface area contributed by atoms with E-state index in [4.69, 9.17) is 0 Å². The zero-order valence-electron chi connectivity index (χ0n) is 12.4. The fourth-order valence-electron chi connectivity index (χ4n) is 2.78. The lowest BCUT2D eigenvalue weighted by molar-refractivity contribution is -0.133. The predicted octanol–water partition coefficient (Wildman–Crippen LogP) is 0.375. The molecule has 2 amide bonds. The van der Waals surface area contributed by atoms with Crippen molar-refractivity contribution in [3.05, 3.63) is 29.8 Å². The monoisotopic (exact) mass is 301 g/mol. The second-order valence-corrected chi connectivity index (χ2v) is 5.55. The summed E-state index contributed by atoms with van der Waals surface area (Å²) in [4.78, 5) is 38.2. The topological polar surface area (TPSA) is 88.1 Å². The van der Waals surface area contributed by atoms with Crippen LogP contribution in [0, 0.1) is 12.8 Å². The van der Waals surface area contributed by atoms with Crippen LogP contribution in [0.15, 0.2) is 29.4 Å². The summed E-state index contributed by atoms with van der Waals surface area (Å²) >= 11 is 0. The van der Waals surface area contributed by atoms with Gasteiger partial charge in [0.2, 0.25) is 5.91 Å². The summed E-state index contributed by atoms with van der Waals surface area (Å²) in [5, 5.41) is 3.83. The Hall–Kier alpha value is -2.70. The molecule has 22 heavy (non-hydrogen) atoms. The van der Waals surface area contributed by atoms with E-state index in [1.54, 1.807) is 19.1 Å². The average molecular weight is 301 g/mol. The molecule has 2 heterocycles. The van der Waals surface area contributed by atoms with E-state index in [2.05, 4.69) is 15.3 Å². The van der Waals surface area contributed by atoms with Crippen LogP contribution >= 0.6 is 0 Å². The number of carbonyl (C=O) groups excluding carboxylic acids is 3. The molecule has 2 atom stereocenters. The van der Waals surface area contributed by atoms with Gasteiger partial charge in [-0.05, 0) is 26.0 Å². The molecule has 3 rings (SSSR count). The Morgan fingerprint density at radius 3 is 2.55 bits per heavy atom. The van der Waals surface area contributed by atoms with Crippen LogP contribution in [0.3, 0.4) is 0 Å². The molecule has 7 nitrogen and oxygen atoms in total. The SMILES string of the molecule is COC(=O)C1=NN[C@@]2(C)C(=O)N(c3ccc(C)cc3)C(=O)[C@H]12. The summed E-state index contributed by atoms with van der Waals surface area (Å²) in [6.45, 7) is 3.47. The van der Waals surface area contributed by atoms with Crippen molar-refractivity contribution in [1.82, 2.24) is 5.43 Å². The zero-order chi connectivity index (χ0) is 16.1. The number of nitrogens with one attached hydrogen (secondary N) is 1. The van der Waals surface area contributed by atoms with Gasteiger partial charge in [-0.3, -0.25) is 15.0 Å². The lowest BCUT2D eigenvalue weighted by atomic mass is 9.86. The lowest BCUT2D eigenvalue weighted by Gasteiger charge is -2.20. The number of carbonyl (C=O) groups is 3. The fraction of sp³-hybridized carbons (Fsp3) is 0.333. The summed E-state index contributed by atoms with van der Waals surface area (Å²) in [6, 6.07) is 7.03. The van der Waals surface area contributed by atoms with Crippen LogP contribution in [0.5, 0.6) is 0 Å². The maximum atomic E-state index is 12.7. The third-order valence-corrected chi connectivity index (χ3v) is 4.06. The van der Waals surface area contributed by atoms with E-state index in [1.165, 1.54) is 7.11 Å². The minimum absolute atomic E-state index is 0.0713. The van der Waals surface area contributed by atoms with Crippen molar-refractivity contribution in [1.29, 1.82) is 0 Å². The number of benzene rings is 1. The summed E-state index contributed by atoms with van der Waals surface area (Å²) in [5.41, 5.74) is 2.79. The van der Waals surface area contributed by atoms with Gasteiger partial charge in [0.05, 0.1) is 12.8 Å². The molecule has 1 aromatic carbocycles. The number of fused-ring (bicyclic) bond motifs is 1. The maximum absolute atomic E-state index is 12.7. The first-order valence-corrected chi connectivity index (χ1v) is 6.78. The van der Waals surface area contributed by atoms with E-state index in [1.807, 2.05) is 19.1 Å². The molecule has 1 fully saturated rings. The molecule has 0 radical (unpaired) electrons. The molecule has 0 spiro atoms. The molecule has 1 aromatic rings. The summed E-state index contributed by atoms with van der Waals surface area (Å²) < 4.78 is 4.64. The highest BCUT2D eigenvalue weighted by atomic mass is 16.5. The summed E-state index contributed by atoms with van der Waals surface area (Å²) in [6.07, 6.45) is 0. The van der Waals surface area contributed by atoms with Crippen molar-refractivity contribution in [2.24, 2.45) is 11.0 Å². The largest absolute Gasteiger partial charge is 0.464 e. The molecule has 0 saturated carbocycles. The van der Waals surface area contributed by atoms with Crippen molar-refractivity contribution in [2.45, 2.75) is 19.4 Å². The van der Waals surface area contributed by atoms with Gasteiger partial charge in [0.25, 0.3) is 5.91 Å². The first kappa shape index (κ1) is 14.2. The molecule has 1 N–H and O–H groups in total. The van der Waals surface area contributed by atoms with Crippen molar-refractivity contribution in [2.75, 3.05) is 12.0 Å². The van der Waals surface area contributed by atoms with Gasteiger partial charge in [0.15, 0.2) is 5.71 Å². The second-order valence-electron chi connectivity index (χ2n) is 5.55. The molecular formula is C15H15N3O4. The van der Waals surface area contributed by atoms with Crippen LogP contribution in [0.2, 0.25) is 0 Å². The Kier molecular flexibility index (Phi) is 3.01. The molecule has 0 unspecified atom stereocenters. The van der Waals surface area contributed by atoms with Crippen molar-refractivity contribution in [3.63, 3.8) is 0 Å². The normalized spacial score (nSPS) is 26.6. The Morgan fingerprint density at radius 1 is 1.32 bits per heavy atom. The van der Waals surface area contributed by atoms with Gasteiger partial charge in [-0.2, -0.15) is 5.10 Å². The van der Waals surface area contributed by atoms with E-state index < -0.39 is 29.2 Å². The van der Waals surface area contributed by atoms with E-state index in [0.717, 1.165) is 10.5 Å². The van der Waals surface area contributed by atoms with Gasteiger partial charge in [-0.1, -0.05) is 17.7 Å². The van der Waals surface area contributed by atoms with Crippen LogP contribution in [0.1, 0.15) is 12.5 Å². The van der Waals surface area contributed by atoms with Gasteiger partial charge in [0, 0.05) is 0 Å². The number of anilines is 1. The quantitative estimate of drug-likeness (QED) is 0.630. The third kappa shape index (κ3) is 1.75. The molecule has 7 heteroatoms. The van der Waals surface area contributed by atoms with E-state index in [0.29, 0.717) is 5.69 Å². The molecular weight excluding hydrogens is 286 g/mol. The summed E-state index contributed by atoms with van der Waals surface area (Å²) in [5.74, 6) is -2.61. The number of esters is 1. The molecule has 0 bridgehead atoms. The number of aryl methyl sites for hydroxylation is 1. The number of rotatable bonds is 2. The Balaban J connectivity index is 2.03. The molecule has 0 aromatic heterocycles. The number of imide groups is 1. The van der Waals surface area contributed by atoms with Crippen molar-refractivity contribution >= 4 is 29.2 Å². The van der Waals surface area contributed by atoms with Crippen LogP contribution in [0.4, 0.5) is 5.69 Å². The van der Waals surface area contributed by atoms with E-state index in [9.17, 15) is 14.4 Å². The van der Waals surface area contributed by atoms with Gasteiger partial charge in [0.1, 0.15) is 11.5 Å². The number of hydrogen-bond acceptors (Lipinski definition) is 6. The standard InChI is InChI=1S/C15H15N3O4/c1-8-4-6-9(7-5-8)18-12(19)10-11(13(20)22-3)16-17-15(10,2)14(18)21/h4-7,10,17H,1-3H3/t10-,15+/m0/s1. The van der Waals surface area contributed by atoms with Gasteiger partial charge in [-0.25, -0.2) is 9.69 Å². The van der Waals surface area contributed by atoms with Gasteiger partial charge < -0.3 is 4.74 Å². The maximum Gasteiger partial charge on any atom is 0.355 e. The first-order valence-electron chi connectivity index (χ1n) is 6.78. The highest BCUT2D eigenvalue weighted by Crippen LogP contribution is 2.38. The highest BCUT2D eigenvalue weighted by molar-refractivity contribution is 6.47. The Labute approximate surface area is 126 Å². The smallest absolute Gasteiger partial charge is 0.355 e. The lowest BCUT2D eigenvalue weighted by Crippen LogP contribution is -2.48. The molecule has 114 valence electrons. The Bertz CT molecular complexity index is 710. The van der Waals surface area contributed by atoms with Gasteiger partial charge >= 0.3 is 5.97 Å². The number of hydrazone groups is 1. The van der Waals surface area contributed by atoms with Gasteiger partial charge in [-0.15, -0.1) is 0 Å². The third-order valence-electron chi connectivity index (χ3n) is 4.06. The summed E-state index contributed by atoms with van der Waals surface area (Å²) in [7, 11) is 1.21. The molecule has 1 saturated heterocycles. The number of nitrogens with zero attached hydrogens (tertiary/aromatic N) is 2. The predicted molar refractivity (Wildman–Crippen MR) is 78.2 cm³/mol. The number of amides is 2. The number of hydrogen-bond donors (Lipinski definition) is 1. The zero-order valence-corrected chi connectivity index (χ0v) is 12.4. The average Bonchev–Trinajstić information content (AvgIpc) is 2.95. The molecule has 2 aliphatic heterocycles. The van der Waals surface area contributed by atoms with E-state index >= 15 is 0 Å². The molecule has 2 aliphatic rings. The van der Waals surface area contributed by atoms with E-state index in [-0.39, 0.29) is 5.71 Å². The fourth-order valence-corrected chi connectivity index (χ4v) is 2.78. The van der Waals surface area contributed by atoms with Crippen LogP contribution in [-0.4, -0.2) is 36.1 Å². The highest BCUT2D eigenvalue weighted by Gasteiger charge is 2.63. The minimum Gasteiger partial charge on any atom is -0.464 e. The molecule has 0 aliphatic carbocycles. The minimum atomic E-state index is -1.26. The van der Waals surface area contributed by atoms with Crippen LogP contribution in [0.25, 0.3) is 0 Å².